The van der Waals surface area contributed by atoms with Crippen LogP contribution >= 0.6 is 11.3 Å². The Labute approximate surface area is 173 Å². The van der Waals surface area contributed by atoms with Crippen molar-refractivity contribution in [1.29, 1.82) is 0 Å². The maximum Gasteiger partial charge on any atom is 0.254 e. The number of amides is 1. The van der Waals surface area contributed by atoms with E-state index < -0.39 is 0 Å². The molecule has 1 saturated carbocycles. The third kappa shape index (κ3) is 3.47. The summed E-state index contributed by atoms with van der Waals surface area (Å²) in [5.74, 6) is 1.07. The number of aromatic nitrogens is 4. The van der Waals surface area contributed by atoms with E-state index in [0.717, 1.165) is 42.9 Å². The first kappa shape index (κ1) is 18.4. The second-order valence-corrected chi connectivity index (χ2v) is 8.63. The summed E-state index contributed by atoms with van der Waals surface area (Å²) in [6, 6.07) is 7.79. The first-order valence-corrected chi connectivity index (χ1v) is 10.8. The number of carbonyl (C=O) groups is 1. The fourth-order valence-electron chi connectivity index (χ4n) is 4.73. The summed E-state index contributed by atoms with van der Waals surface area (Å²) < 4.78 is 7.77. The van der Waals surface area contributed by atoms with Crippen molar-refractivity contribution in [2.24, 2.45) is 11.8 Å². The van der Waals surface area contributed by atoms with Crippen molar-refractivity contribution in [2.45, 2.75) is 25.0 Å². The Morgan fingerprint density at radius 1 is 1.17 bits per heavy atom. The van der Waals surface area contributed by atoms with Crippen molar-refractivity contribution in [1.82, 2.24) is 24.9 Å². The van der Waals surface area contributed by atoms with E-state index in [9.17, 15) is 4.79 Å². The molecule has 4 atom stereocenters. The highest BCUT2D eigenvalue weighted by Crippen LogP contribution is 2.42. The maximum absolute atomic E-state index is 12.8. The first-order valence-electron chi connectivity index (χ1n) is 9.90. The Morgan fingerprint density at radius 2 is 2.03 bits per heavy atom. The highest BCUT2D eigenvalue weighted by molar-refractivity contribution is 7.08. The molecule has 5 rings (SSSR count). The molecule has 1 amide bonds. The predicted octanol–water partition coefficient (Wildman–Crippen LogP) is 3.14. The van der Waals surface area contributed by atoms with Gasteiger partial charge in [-0.25, -0.2) is 4.68 Å². The highest BCUT2D eigenvalue weighted by atomic mass is 32.1. The second-order valence-electron chi connectivity index (χ2n) is 7.85. The molecule has 0 unspecified atom stereocenters. The van der Waals surface area contributed by atoms with Crippen LogP contribution in [-0.2, 0) is 4.74 Å². The van der Waals surface area contributed by atoms with Gasteiger partial charge in [-0.3, -0.25) is 9.78 Å². The summed E-state index contributed by atoms with van der Waals surface area (Å²) in [4.78, 5) is 19.2. The van der Waals surface area contributed by atoms with Gasteiger partial charge in [-0.2, -0.15) is 11.3 Å². The van der Waals surface area contributed by atoms with Crippen LogP contribution < -0.4 is 0 Å². The van der Waals surface area contributed by atoms with Gasteiger partial charge in [0, 0.05) is 31.8 Å². The summed E-state index contributed by atoms with van der Waals surface area (Å²) in [5.41, 5.74) is 2.38. The molecule has 3 aromatic heterocycles. The molecule has 3 aromatic rings. The number of rotatable bonds is 4. The summed E-state index contributed by atoms with van der Waals surface area (Å²) in [5, 5.41) is 12.6. The van der Waals surface area contributed by atoms with Gasteiger partial charge in [-0.1, -0.05) is 11.3 Å². The smallest absolute Gasteiger partial charge is 0.254 e. The molecule has 8 heteroatoms. The molecule has 2 fully saturated rings. The number of carbonyl (C=O) groups excluding carboxylic acids is 1. The molecular formula is C21H23N5O2S. The lowest BCUT2D eigenvalue weighted by atomic mass is 9.77. The lowest BCUT2D eigenvalue weighted by molar-refractivity contribution is -0.00545. The second kappa shape index (κ2) is 7.68. The van der Waals surface area contributed by atoms with Crippen LogP contribution in [0.25, 0.3) is 11.4 Å². The third-order valence-corrected chi connectivity index (χ3v) is 6.90. The van der Waals surface area contributed by atoms with Gasteiger partial charge in [-0.15, -0.1) is 5.10 Å². The number of hydrogen-bond acceptors (Lipinski definition) is 6. The van der Waals surface area contributed by atoms with Crippen LogP contribution in [0.5, 0.6) is 0 Å². The fraction of sp³-hybridized carbons (Fsp3) is 0.429. The quantitative estimate of drug-likeness (QED) is 0.662. The van der Waals surface area contributed by atoms with Crippen molar-refractivity contribution < 1.29 is 9.53 Å². The number of hydrogen-bond donors (Lipinski definition) is 0. The van der Waals surface area contributed by atoms with E-state index in [4.69, 9.17) is 4.74 Å². The van der Waals surface area contributed by atoms with Crippen molar-refractivity contribution in [3.05, 3.63) is 53.0 Å². The van der Waals surface area contributed by atoms with E-state index in [0.29, 0.717) is 11.8 Å². The van der Waals surface area contributed by atoms with Crippen LogP contribution in [-0.4, -0.2) is 57.1 Å². The van der Waals surface area contributed by atoms with Gasteiger partial charge in [0.2, 0.25) is 0 Å². The van der Waals surface area contributed by atoms with Crippen LogP contribution in [0, 0.1) is 11.8 Å². The minimum atomic E-state index is 0.0609. The van der Waals surface area contributed by atoms with E-state index in [1.165, 1.54) is 0 Å². The maximum atomic E-state index is 12.8. The molecule has 2 aliphatic rings. The predicted molar refractivity (Wildman–Crippen MR) is 110 cm³/mol. The number of nitrogens with zero attached hydrogens (tertiary/aromatic N) is 5. The zero-order chi connectivity index (χ0) is 19.8. The molecule has 29 heavy (non-hydrogen) atoms. The fourth-order valence-corrected chi connectivity index (χ4v) is 5.36. The molecule has 1 aliphatic heterocycles. The lowest BCUT2D eigenvalue weighted by Gasteiger charge is -2.36. The Morgan fingerprint density at radius 3 is 2.76 bits per heavy atom. The molecule has 150 valence electrons. The normalized spacial score (nSPS) is 26.4. The summed E-state index contributed by atoms with van der Waals surface area (Å²) in [7, 11) is 1.76. The summed E-state index contributed by atoms with van der Waals surface area (Å²) >= 11 is 1.56. The SMILES string of the molecule is CO[C@@H]1C[C@H]2CN(C(=O)c3ccsc3)C[C@H]2C[C@H]1n1cc(-c2ccccn2)nn1. The summed E-state index contributed by atoms with van der Waals surface area (Å²) in [6.07, 6.45) is 5.64. The van der Waals surface area contributed by atoms with Gasteiger partial charge >= 0.3 is 0 Å². The van der Waals surface area contributed by atoms with Crippen LogP contribution in [0.4, 0.5) is 0 Å². The number of thiophene rings is 1. The summed E-state index contributed by atoms with van der Waals surface area (Å²) in [6.45, 7) is 1.61. The zero-order valence-electron chi connectivity index (χ0n) is 16.2. The topological polar surface area (TPSA) is 73.1 Å². The van der Waals surface area contributed by atoms with E-state index in [2.05, 4.69) is 15.3 Å². The first-order chi connectivity index (χ1) is 14.2. The molecule has 1 aliphatic carbocycles. The Bertz CT molecular complexity index is 974. The van der Waals surface area contributed by atoms with Gasteiger partial charge in [-0.05, 0) is 48.3 Å². The minimum Gasteiger partial charge on any atom is -0.379 e. The van der Waals surface area contributed by atoms with Crippen LogP contribution in [0.1, 0.15) is 29.2 Å². The molecule has 0 bridgehead atoms. The Kier molecular flexibility index (Phi) is 4.89. The highest BCUT2D eigenvalue weighted by Gasteiger charge is 2.44. The van der Waals surface area contributed by atoms with Crippen molar-refractivity contribution >= 4 is 17.2 Å². The zero-order valence-corrected chi connectivity index (χ0v) is 17.0. The van der Waals surface area contributed by atoms with Gasteiger partial charge in [0.05, 0.1) is 29.6 Å². The van der Waals surface area contributed by atoms with Crippen LogP contribution in [0.2, 0.25) is 0 Å². The molecule has 0 radical (unpaired) electrons. The van der Waals surface area contributed by atoms with Gasteiger partial charge < -0.3 is 9.64 Å². The largest absolute Gasteiger partial charge is 0.379 e. The van der Waals surface area contributed by atoms with E-state index in [-0.39, 0.29) is 18.1 Å². The number of ether oxygens (including phenoxy) is 1. The van der Waals surface area contributed by atoms with E-state index >= 15 is 0 Å². The molecule has 7 nitrogen and oxygen atoms in total. The van der Waals surface area contributed by atoms with Crippen LogP contribution in [0.15, 0.2) is 47.4 Å². The van der Waals surface area contributed by atoms with E-state index in [1.54, 1.807) is 24.6 Å². The van der Waals surface area contributed by atoms with Gasteiger partial charge in [0.15, 0.2) is 0 Å². The average molecular weight is 410 g/mol. The molecule has 0 aromatic carbocycles. The lowest BCUT2D eigenvalue weighted by Crippen LogP contribution is -2.37. The molecule has 0 spiro atoms. The number of methoxy groups -OCH3 is 1. The van der Waals surface area contributed by atoms with Gasteiger partial charge in [0.25, 0.3) is 5.91 Å². The molecule has 4 heterocycles. The molecular weight excluding hydrogens is 386 g/mol. The monoisotopic (exact) mass is 409 g/mol. The number of likely N-dealkylation sites (tertiary alicyclic amines) is 1. The Balaban J connectivity index is 1.34. The molecule has 1 saturated heterocycles. The number of pyridine rings is 1. The minimum absolute atomic E-state index is 0.0609. The van der Waals surface area contributed by atoms with Crippen molar-refractivity contribution in [2.75, 3.05) is 20.2 Å². The van der Waals surface area contributed by atoms with Crippen LogP contribution in [0.3, 0.4) is 0 Å². The number of fused-ring (bicyclic) bond motifs is 1. The van der Waals surface area contributed by atoms with Crippen molar-refractivity contribution in [3.63, 3.8) is 0 Å². The van der Waals surface area contributed by atoms with E-state index in [1.807, 2.05) is 50.8 Å². The third-order valence-electron chi connectivity index (χ3n) is 6.22. The Hall–Kier alpha value is -2.58. The average Bonchev–Trinajstić information content (AvgIpc) is 3.53. The van der Waals surface area contributed by atoms with Gasteiger partial charge in [0.1, 0.15) is 5.69 Å². The standard InChI is InChI=1S/C21H23N5O2S/c1-28-20-9-16-11-25(21(27)14-5-7-29-13-14)10-15(16)8-19(20)26-12-18(23-24-26)17-4-2-3-6-22-17/h2-7,12-13,15-16,19-20H,8-11H2,1H3/t15-,16+,19-,20-/m1/s1. The van der Waals surface area contributed by atoms with Crippen molar-refractivity contribution in [3.8, 4) is 11.4 Å². The molecule has 0 N–H and O–H groups in total.